The predicted octanol–water partition coefficient (Wildman–Crippen LogP) is 3.45. The van der Waals surface area contributed by atoms with E-state index in [1.165, 1.54) is 0 Å². The Morgan fingerprint density at radius 1 is 1.50 bits per heavy atom. The minimum Gasteiger partial charge on any atom is -0.259 e. The SMILES string of the molecule is CC(c1ccccc1Cl)S(=O)CCCC#N. The van der Waals surface area contributed by atoms with Gasteiger partial charge in [0.1, 0.15) is 0 Å². The van der Waals surface area contributed by atoms with Crippen LogP contribution in [-0.4, -0.2) is 9.96 Å². The normalized spacial score (nSPS) is 14.1. The molecule has 0 heterocycles. The molecule has 0 N–H and O–H groups in total. The van der Waals surface area contributed by atoms with Crippen molar-refractivity contribution in [1.29, 1.82) is 5.26 Å². The number of hydrogen-bond donors (Lipinski definition) is 0. The highest BCUT2D eigenvalue weighted by Gasteiger charge is 2.15. The quantitative estimate of drug-likeness (QED) is 0.756. The van der Waals surface area contributed by atoms with Crippen molar-refractivity contribution >= 4 is 22.4 Å². The van der Waals surface area contributed by atoms with Crippen molar-refractivity contribution in [1.82, 2.24) is 0 Å². The molecule has 0 spiro atoms. The van der Waals surface area contributed by atoms with Gasteiger partial charge in [-0.3, -0.25) is 4.21 Å². The van der Waals surface area contributed by atoms with Crippen molar-refractivity contribution in [2.75, 3.05) is 5.75 Å². The van der Waals surface area contributed by atoms with Crippen LogP contribution in [0.3, 0.4) is 0 Å². The van der Waals surface area contributed by atoms with Crippen molar-refractivity contribution in [3.05, 3.63) is 34.9 Å². The Morgan fingerprint density at radius 3 is 2.81 bits per heavy atom. The minimum atomic E-state index is -0.963. The van der Waals surface area contributed by atoms with Gasteiger partial charge in [-0.1, -0.05) is 29.8 Å². The van der Waals surface area contributed by atoms with Crippen LogP contribution in [0.4, 0.5) is 0 Å². The Bertz CT molecular complexity index is 414. The van der Waals surface area contributed by atoms with Gasteiger partial charge in [0.25, 0.3) is 0 Å². The zero-order valence-corrected chi connectivity index (χ0v) is 10.7. The number of rotatable bonds is 5. The molecule has 0 fully saturated rings. The maximum Gasteiger partial charge on any atom is 0.0622 e. The molecule has 2 atom stereocenters. The average molecular weight is 256 g/mol. The highest BCUT2D eigenvalue weighted by atomic mass is 35.5. The van der Waals surface area contributed by atoms with Gasteiger partial charge in [0.15, 0.2) is 0 Å². The van der Waals surface area contributed by atoms with Gasteiger partial charge in [-0.2, -0.15) is 5.26 Å². The minimum absolute atomic E-state index is 0.0765. The van der Waals surface area contributed by atoms with Crippen LogP contribution in [0.25, 0.3) is 0 Å². The monoisotopic (exact) mass is 255 g/mol. The van der Waals surface area contributed by atoms with Crippen molar-refractivity contribution in [2.24, 2.45) is 0 Å². The van der Waals surface area contributed by atoms with E-state index in [0.717, 1.165) is 5.56 Å². The third kappa shape index (κ3) is 3.62. The summed E-state index contributed by atoms with van der Waals surface area (Å²) in [5.74, 6) is 0.556. The maximum atomic E-state index is 11.9. The van der Waals surface area contributed by atoms with Crippen molar-refractivity contribution < 1.29 is 4.21 Å². The van der Waals surface area contributed by atoms with Gasteiger partial charge in [-0.15, -0.1) is 0 Å². The van der Waals surface area contributed by atoms with Crippen LogP contribution in [0.2, 0.25) is 5.02 Å². The summed E-state index contributed by atoms with van der Waals surface area (Å²) in [6, 6.07) is 9.51. The average Bonchev–Trinajstić information content (AvgIpc) is 2.29. The summed E-state index contributed by atoms with van der Waals surface area (Å²) in [5.41, 5.74) is 0.916. The molecule has 0 aliphatic heterocycles. The summed E-state index contributed by atoms with van der Waals surface area (Å²) in [4.78, 5) is 0. The van der Waals surface area contributed by atoms with E-state index >= 15 is 0 Å². The van der Waals surface area contributed by atoms with Crippen molar-refractivity contribution in [2.45, 2.75) is 25.0 Å². The topological polar surface area (TPSA) is 40.9 Å². The standard InChI is InChI=1S/C12H14ClNOS/c1-10(16(15)9-5-4-8-14)11-6-2-3-7-12(11)13/h2-3,6-7,10H,4-5,9H2,1H3. The lowest BCUT2D eigenvalue weighted by atomic mass is 10.2. The van der Waals surface area contributed by atoms with Crippen molar-refractivity contribution in [3.8, 4) is 6.07 Å². The maximum absolute atomic E-state index is 11.9. The van der Waals surface area contributed by atoms with Gasteiger partial charge in [0.2, 0.25) is 0 Å². The Morgan fingerprint density at radius 2 is 2.19 bits per heavy atom. The third-order valence-electron chi connectivity index (χ3n) is 2.37. The Hall–Kier alpha value is -0.850. The molecule has 86 valence electrons. The Balaban J connectivity index is 2.64. The van der Waals surface area contributed by atoms with Gasteiger partial charge in [0, 0.05) is 28.0 Å². The number of unbranched alkanes of at least 4 members (excludes halogenated alkanes) is 1. The lowest BCUT2D eigenvalue weighted by Gasteiger charge is -2.12. The van der Waals surface area contributed by atoms with Crippen LogP contribution in [-0.2, 0) is 10.8 Å². The molecule has 1 rings (SSSR count). The highest BCUT2D eigenvalue weighted by molar-refractivity contribution is 7.85. The van der Waals surface area contributed by atoms with E-state index in [1.54, 1.807) is 6.07 Å². The molecular formula is C12H14ClNOS. The lowest BCUT2D eigenvalue weighted by molar-refractivity contribution is 0.673. The second-order valence-corrected chi connectivity index (χ2v) is 5.79. The van der Waals surface area contributed by atoms with E-state index in [1.807, 2.05) is 25.1 Å². The summed E-state index contributed by atoms with van der Waals surface area (Å²) >= 11 is 6.04. The van der Waals surface area contributed by atoms with Gasteiger partial charge in [-0.25, -0.2) is 0 Å². The molecule has 0 aliphatic rings. The van der Waals surface area contributed by atoms with Crippen LogP contribution in [0.5, 0.6) is 0 Å². The summed E-state index contributed by atoms with van der Waals surface area (Å²) in [5, 5.41) is 8.99. The molecule has 2 unspecified atom stereocenters. The Kier molecular flexibility index (Phi) is 5.51. The third-order valence-corrected chi connectivity index (χ3v) is 4.45. The molecule has 0 aliphatic carbocycles. The molecule has 1 aromatic rings. The van der Waals surface area contributed by atoms with Crippen LogP contribution in [0.1, 0.15) is 30.6 Å². The smallest absolute Gasteiger partial charge is 0.0622 e. The number of benzene rings is 1. The molecule has 0 saturated heterocycles. The lowest BCUT2D eigenvalue weighted by Crippen LogP contribution is -2.07. The number of hydrogen-bond acceptors (Lipinski definition) is 2. The first-order valence-electron chi connectivity index (χ1n) is 5.15. The fraction of sp³-hybridized carbons (Fsp3) is 0.417. The van der Waals surface area contributed by atoms with Crippen LogP contribution in [0.15, 0.2) is 24.3 Å². The van der Waals surface area contributed by atoms with Gasteiger partial charge < -0.3 is 0 Å². The van der Waals surface area contributed by atoms with Crippen LogP contribution in [0, 0.1) is 11.3 Å². The zero-order chi connectivity index (χ0) is 12.0. The van der Waals surface area contributed by atoms with Gasteiger partial charge >= 0.3 is 0 Å². The second-order valence-electron chi connectivity index (χ2n) is 3.51. The zero-order valence-electron chi connectivity index (χ0n) is 9.15. The van der Waals surface area contributed by atoms with Crippen molar-refractivity contribution in [3.63, 3.8) is 0 Å². The van der Waals surface area contributed by atoms with E-state index in [-0.39, 0.29) is 5.25 Å². The summed E-state index contributed by atoms with van der Waals surface area (Å²) in [6.45, 7) is 1.91. The number of halogens is 1. The van der Waals surface area contributed by atoms with E-state index in [4.69, 9.17) is 16.9 Å². The largest absolute Gasteiger partial charge is 0.259 e. The summed E-state index contributed by atoms with van der Waals surface area (Å²) in [7, 11) is -0.963. The first-order chi connectivity index (χ1) is 7.66. The fourth-order valence-corrected chi connectivity index (χ4v) is 3.05. The van der Waals surface area contributed by atoms with E-state index < -0.39 is 10.8 Å². The van der Waals surface area contributed by atoms with E-state index in [2.05, 4.69) is 6.07 Å². The summed E-state index contributed by atoms with van der Waals surface area (Å²) in [6.07, 6.45) is 1.14. The highest BCUT2D eigenvalue weighted by Crippen LogP contribution is 2.26. The first-order valence-corrected chi connectivity index (χ1v) is 6.91. The Labute approximate surface area is 104 Å². The second kappa shape index (κ2) is 6.67. The molecule has 0 amide bonds. The molecule has 2 nitrogen and oxygen atoms in total. The molecule has 0 saturated carbocycles. The number of nitrogens with zero attached hydrogens (tertiary/aromatic N) is 1. The first kappa shape index (κ1) is 13.2. The van der Waals surface area contributed by atoms with Crippen LogP contribution >= 0.6 is 11.6 Å². The van der Waals surface area contributed by atoms with Gasteiger partial charge in [0.05, 0.1) is 11.3 Å². The molecule has 4 heteroatoms. The number of nitriles is 1. The molecular weight excluding hydrogens is 242 g/mol. The molecule has 16 heavy (non-hydrogen) atoms. The predicted molar refractivity (Wildman–Crippen MR) is 67.7 cm³/mol. The van der Waals surface area contributed by atoms with E-state index in [9.17, 15) is 4.21 Å². The molecule has 0 bridgehead atoms. The molecule has 0 radical (unpaired) electrons. The fourth-order valence-electron chi connectivity index (χ4n) is 1.42. The summed E-state index contributed by atoms with van der Waals surface area (Å²) < 4.78 is 11.9. The van der Waals surface area contributed by atoms with E-state index in [0.29, 0.717) is 23.6 Å². The van der Waals surface area contributed by atoms with Crippen LogP contribution < -0.4 is 0 Å². The molecule has 0 aromatic heterocycles. The van der Waals surface area contributed by atoms with Gasteiger partial charge in [-0.05, 0) is 25.0 Å². The molecule has 1 aromatic carbocycles.